The summed E-state index contributed by atoms with van der Waals surface area (Å²) < 4.78 is 2.17. The average Bonchev–Trinajstić information content (AvgIpc) is 3.07. The molecule has 0 aromatic carbocycles. The van der Waals surface area contributed by atoms with E-state index in [1.807, 2.05) is 24.4 Å². The summed E-state index contributed by atoms with van der Waals surface area (Å²) in [7, 11) is 1.65. The molecule has 0 saturated carbocycles. The van der Waals surface area contributed by atoms with Gasteiger partial charge >= 0.3 is 0 Å². The lowest BCUT2D eigenvalue weighted by Crippen LogP contribution is -2.17. The molecule has 0 fully saturated rings. The van der Waals surface area contributed by atoms with E-state index in [0.29, 0.717) is 6.42 Å². The lowest BCUT2D eigenvalue weighted by molar-refractivity contribution is -0.113. The monoisotopic (exact) mass is 493 g/mol. The number of aromatic nitrogens is 1. The summed E-state index contributed by atoms with van der Waals surface area (Å²) >= 11 is 3.70. The largest absolute Gasteiger partial charge is 0.392 e. The molecule has 1 aliphatic heterocycles. The Morgan fingerprint density at radius 2 is 2.32 bits per heavy atom. The molecule has 2 heterocycles. The molecular formula is C17H24IN3O2S2. The first-order valence-electron chi connectivity index (χ1n) is 8.57. The predicted molar refractivity (Wildman–Crippen MR) is 116 cm³/mol. The fourth-order valence-electron chi connectivity index (χ4n) is 2.43. The van der Waals surface area contributed by atoms with Crippen molar-refractivity contribution in [3.05, 3.63) is 24.4 Å². The Labute approximate surface area is 170 Å². The molecular weight excluding hydrogens is 469 g/mol. The Bertz CT molecular complexity index is 560. The highest BCUT2D eigenvalue weighted by Gasteiger charge is 2.23. The van der Waals surface area contributed by atoms with Gasteiger partial charge in [0.25, 0.3) is 0 Å². The Hall–Kier alpha value is -0.480. The van der Waals surface area contributed by atoms with Crippen molar-refractivity contribution in [1.29, 1.82) is 0 Å². The Balaban J connectivity index is 1.65. The molecule has 0 amide bonds. The van der Waals surface area contributed by atoms with Gasteiger partial charge in [-0.1, -0.05) is 36.3 Å². The van der Waals surface area contributed by atoms with Gasteiger partial charge < -0.3 is 4.84 Å². The van der Waals surface area contributed by atoms with E-state index in [1.54, 1.807) is 9.12 Å². The fourth-order valence-corrected chi connectivity index (χ4v) is 4.97. The number of pyridine rings is 1. The topological polar surface area (TPSA) is 54.8 Å². The molecule has 0 saturated heterocycles. The molecule has 0 spiro atoms. The molecule has 0 bridgehead atoms. The number of nitrogens with zero attached hydrogens (tertiary/aromatic N) is 3. The number of halogens is 1. The minimum Gasteiger partial charge on any atom is -0.392 e. The zero-order chi connectivity index (χ0) is 17.9. The summed E-state index contributed by atoms with van der Waals surface area (Å²) in [4.78, 5) is 21.7. The van der Waals surface area contributed by atoms with Gasteiger partial charge in [0.05, 0.1) is 12.1 Å². The van der Waals surface area contributed by atoms with E-state index in [2.05, 4.69) is 42.6 Å². The van der Waals surface area contributed by atoms with Gasteiger partial charge in [-0.15, -0.1) is 0 Å². The van der Waals surface area contributed by atoms with Crippen molar-refractivity contribution in [3.63, 3.8) is 0 Å². The highest BCUT2D eigenvalue weighted by molar-refractivity contribution is 14.2. The number of carbonyl (C=O) groups is 1. The minimum absolute atomic E-state index is 0.0672. The van der Waals surface area contributed by atoms with Crippen LogP contribution in [0.15, 0.2) is 29.6 Å². The molecule has 1 aliphatic rings. The number of carbonyl (C=O) groups excluding carboxylic acids is 1. The Morgan fingerprint density at radius 3 is 3.04 bits per heavy atom. The van der Waals surface area contributed by atoms with Crippen LogP contribution in [0.25, 0.3) is 0 Å². The Kier molecular flexibility index (Phi) is 10.0. The predicted octanol–water partition coefficient (Wildman–Crippen LogP) is 5.26. The van der Waals surface area contributed by atoms with E-state index in [9.17, 15) is 4.79 Å². The first-order chi connectivity index (χ1) is 12.2. The standard InChI is InChI=1S/C17H24IN3O2S2/c1-2-3-11-24-17(22)13-15-12-14(20-23-15)7-6-10-21(25-18)16-8-4-5-9-19-16/h4-5,8-9,15H,2-3,6-7,10-13H2,1H3. The van der Waals surface area contributed by atoms with Crippen LogP contribution < -0.4 is 4.31 Å². The quantitative estimate of drug-likeness (QED) is 0.238. The summed E-state index contributed by atoms with van der Waals surface area (Å²) in [5.74, 6) is 1.88. The second kappa shape index (κ2) is 12.0. The third-order valence-electron chi connectivity index (χ3n) is 3.76. The van der Waals surface area contributed by atoms with Crippen molar-refractivity contribution in [2.45, 2.75) is 51.6 Å². The third-order valence-corrected chi connectivity index (χ3v) is 6.71. The van der Waals surface area contributed by atoms with Crippen LogP contribution in [0.5, 0.6) is 0 Å². The van der Waals surface area contributed by atoms with E-state index in [4.69, 9.17) is 4.84 Å². The molecule has 138 valence electrons. The van der Waals surface area contributed by atoms with Crippen LogP contribution in [-0.2, 0) is 9.63 Å². The third kappa shape index (κ3) is 7.74. The van der Waals surface area contributed by atoms with Gasteiger partial charge in [-0.05, 0) is 31.4 Å². The summed E-state index contributed by atoms with van der Waals surface area (Å²) in [6.07, 6.45) is 7.08. The zero-order valence-corrected chi connectivity index (χ0v) is 18.2. The highest BCUT2D eigenvalue weighted by atomic mass is 127. The maximum absolute atomic E-state index is 11.9. The van der Waals surface area contributed by atoms with Gasteiger partial charge in [0, 0.05) is 55.2 Å². The lowest BCUT2D eigenvalue weighted by Gasteiger charge is -2.18. The summed E-state index contributed by atoms with van der Waals surface area (Å²) in [6, 6.07) is 5.93. The summed E-state index contributed by atoms with van der Waals surface area (Å²) in [5, 5.41) is 4.39. The van der Waals surface area contributed by atoms with Crippen molar-refractivity contribution in [1.82, 2.24) is 4.98 Å². The van der Waals surface area contributed by atoms with Gasteiger partial charge in [0.1, 0.15) is 11.9 Å². The number of hydrogen-bond donors (Lipinski definition) is 0. The molecule has 1 aromatic rings. The lowest BCUT2D eigenvalue weighted by atomic mass is 10.1. The molecule has 5 nitrogen and oxygen atoms in total. The van der Waals surface area contributed by atoms with Gasteiger partial charge in [0.2, 0.25) is 0 Å². The van der Waals surface area contributed by atoms with E-state index in [0.717, 1.165) is 55.9 Å². The number of thioether (sulfide) groups is 1. The molecule has 0 N–H and O–H groups in total. The van der Waals surface area contributed by atoms with Crippen LogP contribution in [0, 0.1) is 0 Å². The van der Waals surface area contributed by atoms with Gasteiger partial charge in [-0.2, -0.15) is 0 Å². The fraction of sp³-hybridized carbons (Fsp3) is 0.588. The summed E-state index contributed by atoms with van der Waals surface area (Å²) in [5.41, 5.74) is 1.07. The molecule has 1 atom stereocenters. The van der Waals surface area contributed by atoms with Gasteiger partial charge in [-0.25, -0.2) is 4.98 Å². The van der Waals surface area contributed by atoms with Crippen LogP contribution in [0.3, 0.4) is 0 Å². The number of anilines is 1. The average molecular weight is 493 g/mol. The normalized spacial score (nSPS) is 16.4. The smallest absolute Gasteiger partial charge is 0.192 e. The maximum atomic E-state index is 11.9. The zero-order valence-electron chi connectivity index (χ0n) is 14.4. The second-order valence-electron chi connectivity index (χ2n) is 5.83. The SMILES string of the molecule is CCCCSC(=O)CC1CC(CCCN(SI)c2ccccn2)=NO1. The number of unbranched alkanes of at least 4 members (excludes halogenated alkanes) is 1. The molecule has 1 aromatic heterocycles. The number of oxime groups is 1. The van der Waals surface area contributed by atoms with Crippen LogP contribution in [0.1, 0.15) is 45.4 Å². The van der Waals surface area contributed by atoms with Crippen molar-refractivity contribution in [2.24, 2.45) is 5.16 Å². The van der Waals surface area contributed by atoms with Crippen molar-refractivity contribution in [2.75, 3.05) is 16.6 Å². The molecule has 0 radical (unpaired) electrons. The second-order valence-corrected chi connectivity index (χ2v) is 8.74. The number of hydrogen-bond acceptors (Lipinski definition) is 7. The first-order valence-corrected chi connectivity index (χ1v) is 12.9. The first kappa shape index (κ1) is 20.8. The highest BCUT2D eigenvalue weighted by Crippen LogP contribution is 2.26. The van der Waals surface area contributed by atoms with E-state index in [-0.39, 0.29) is 11.2 Å². The van der Waals surface area contributed by atoms with Gasteiger partial charge in [-0.3, -0.25) is 9.10 Å². The summed E-state index contributed by atoms with van der Waals surface area (Å²) in [6.45, 7) is 3.04. The molecule has 1 unspecified atom stereocenters. The van der Waals surface area contributed by atoms with Crippen LogP contribution in [0.4, 0.5) is 5.82 Å². The van der Waals surface area contributed by atoms with Crippen LogP contribution in [-0.4, -0.2) is 34.2 Å². The minimum atomic E-state index is -0.0672. The molecule has 2 rings (SSSR count). The molecule has 8 heteroatoms. The molecule has 25 heavy (non-hydrogen) atoms. The molecule has 0 aliphatic carbocycles. The maximum Gasteiger partial charge on any atom is 0.192 e. The van der Waals surface area contributed by atoms with Crippen molar-refractivity contribution >= 4 is 58.7 Å². The van der Waals surface area contributed by atoms with Crippen LogP contribution >= 0.6 is 42.1 Å². The van der Waals surface area contributed by atoms with Gasteiger partial charge in [0.15, 0.2) is 5.12 Å². The van der Waals surface area contributed by atoms with Crippen molar-refractivity contribution < 1.29 is 9.63 Å². The van der Waals surface area contributed by atoms with E-state index >= 15 is 0 Å². The van der Waals surface area contributed by atoms with Crippen molar-refractivity contribution in [3.8, 4) is 0 Å². The van der Waals surface area contributed by atoms with Crippen LogP contribution in [0.2, 0.25) is 0 Å². The van der Waals surface area contributed by atoms with E-state index < -0.39 is 0 Å². The van der Waals surface area contributed by atoms with E-state index in [1.165, 1.54) is 11.8 Å². The Morgan fingerprint density at radius 1 is 1.44 bits per heavy atom. The number of rotatable bonds is 11.